The summed E-state index contributed by atoms with van der Waals surface area (Å²) in [4.78, 5) is 10.0. The smallest absolute Gasteiger partial charge is 0.126 e. The topological polar surface area (TPSA) is 50.4 Å². The van der Waals surface area contributed by atoms with Crippen molar-refractivity contribution in [3.63, 3.8) is 0 Å². The van der Waals surface area contributed by atoms with E-state index in [1.54, 1.807) is 23.6 Å². The van der Waals surface area contributed by atoms with E-state index in [1.807, 2.05) is 36.4 Å². The first kappa shape index (κ1) is 26.8. The van der Waals surface area contributed by atoms with E-state index in [-0.39, 0.29) is 5.75 Å². The number of aliphatic imine (C=N–C) groups is 1. The average Bonchev–Trinajstić information content (AvgIpc) is 3.65. The molecule has 210 valence electrons. The van der Waals surface area contributed by atoms with Gasteiger partial charge in [-0.25, -0.2) is 4.98 Å². The zero-order chi connectivity index (χ0) is 29.6. The van der Waals surface area contributed by atoms with E-state index in [0.717, 1.165) is 46.9 Å². The number of halogens is 1. The van der Waals surface area contributed by atoms with Gasteiger partial charge < -0.3 is 9.67 Å². The standard InChI is InChI=1S/C38H24IN3OS/c39-26-18-19-35(43)25(20-26)23-40-32-15-7-4-14-30(32)38-41-37-31(24-10-2-1-3-11-24)21-27(22-36(37)44-38)42-33-16-8-5-12-28(33)29-13-6-9-17-34(29)42/h1-23,43H/b40-23+. The summed E-state index contributed by atoms with van der Waals surface area (Å²) in [5, 5.41) is 13.7. The normalized spacial score (nSPS) is 11.8. The maximum atomic E-state index is 10.4. The fourth-order valence-corrected chi connectivity index (χ4v) is 7.41. The molecule has 6 heteroatoms. The number of fused-ring (bicyclic) bond motifs is 4. The zero-order valence-corrected chi connectivity index (χ0v) is 26.3. The number of phenolic OH excluding ortho intramolecular Hbond substituents is 1. The monoisotopic (exact) mass is 697 g/mol. The van der Waals surface area contributed by atoms with Gasteiger partial charge in [0, 0.05) is 42.9 Å². The predicted molar refractivity (Wildman–Crippen MR) is 193 cm³/mol. The van der Waals surface area contributed by atoms with Crippen molar-refractivity contribution in [1.29, 1.82) is 0 Å². The molecule has 0 amide bonds. The van der Waals surface area contributed by atoms with Crippen LogP contribution in [-0.4, -0.2) is 20.9 Å². The lowest BCUT2D eigenvalue weighted by Gasteiger charge is -2.11. The van der Waals surface area contributed by atoms with Crippen molar-refractivity contribution in [3.05, 3.63) is 143 Å². The lowest BCUT2D eigenvalue weighted by atomic mass is 10.0. The van der Waals surface area contributed by atoms with Crippen molar-refractivity contribution >= 4 is 77.9 Å². The van der Waals surface area contributed by atoms with E-state index in [2.05, 4.69) is 118 Å². The van der Waals surface area contributed by atoms with Gasteiger partial charge in [-0.05, 0) is 82.8 Å². The molecule has 0 aliphatic rings. The summed E-state index contributed by atoms with van der Waals surface area (Å²) in [6.45, 7) is 0. The minimum Gasteiger partial charge on any atom is -0.507 e. The van der Waals surface area contributed by atoms with Crippen LogP contribution in [0.3, 0.4) is 0 Å². The fourth-order valence-electron chi connectivity index (χ4n) is 5.83. The molecule has 0 saturated carbocycles. The molecule has 8 rings (SSSR count). The summed E-state index contributed by atoms with van der Waals surface area (Å²) in [6, 6.07) is 45.8. The third-order valence-corrected chi connectivity index (χ3v) is 9.58. The molecule has 0 aliphatic carbocycles. The van der Waals surface area contributed by atoms with Crippen LogP contribution in [0, 0.1) is 3.57 Å². The second-order valence-corrected chi connectivity index (χ2v) is 12.8. The van der Waals surface area contributed by atoms with Gasteiger partial charge in [0.15, 0.2) is 0 Å². The molecule has 0 fully saturated rings. The number of aromatic hydroxyl groups is 1. The Balaban J connectivity index is 1.34. The first-order valence-electron chi connectivity index (χ1n) is 14.2. The minimum atomic E-state index is 0.205. The Labute approximate surface area is 271 Å². The van der Waals surface area contributed by atoms with Gasteiger partial charge in [0.05, 0.1) is 26.9 Å². The Morgan fingerprint density at radius 3 is 2.16 bits per heavy atom. The molecule has 2 aromatic heterocycles. The van der Waals surface area contributed by atoms with Crippen LogP contribution < -0.4 is 0 Å². The molecule has 1 N–H and O–H groups in total. The van der Waals surface area contributed by atoms with Gasteiger partial charge in [0.1, 0.15) is 10.8 Å². The van der Waals surface area contributed by atoms with Crippen LogP contribution in [0.2, 0.25) is 0 Å². The second-order valence-electron chi connectivity index (χ2n) is 10.6. The highest BCUT2D eigenvalue weighted by molar-refractivity contribution is 14.1. The highest BCUT2D eigenvalue weighted by atomic mass is 127. The van der Waals surface area contributed by atoms with Crippen molar-refractivity contribution < 1.29 is 5.11 Å². The first-order chi connectivity index (χ1) is 21.6. The summed E-state index contributed by atoms with van der Waals surface area (Å²) in [5.74, 6) is 0.205. The molecule has 6 aromatic carbocycles. The third-order valence-electron chi connectivity index (χ3n) is 7.87. The summed E-state index contributed by atoms with van der Waals surface area (Å²) in [6.07, 6.45) is 1.72. The SMILES string of the molecule is Oc1ccc(I)cc1/C=N/c1ccccc1-c1nc2c(-c3ccccc3)cc(-n3c4ccccc4c4ccccc43)cc2s1. The molecule has 0 radical (unpaired) electrons. The number of hydrogen-bond acceptors (Lipinski definition) is 4. The van der Waals surface area contributed by atoms with Crippen LogP contribution in [0.25, 0.3) is 59.4 Å². The molecule has 0 bridgehead atoms. The van der Waals surface area contributed by atoms with Gasteiger partial charge in [0.2, 0.25) is 0 Å². The summed E-state index contributed by atoms with van der Waals surface area (Å²) in [5.41, 5.74) is 9.06. The highest BCUT2D eigenvalue weighted by Gasteiger charge is 2.18. The summed E-state index contributed by atoms with van der Waals surface area (Å²) < 4.78 is 4.50. The van der Waals surface area contributed by atoms with Gasteiger partial charge in [-0.15, -0.1) is 11.3 Å². The largest absolute Gasteiger partial charge is 0.507 e. The Morgan fingerprint density at radius 1 is 0.705 bits per heavy atom. The van der Waals surface area contributed by atoms with E-state index in [4.69, 9.17) is 9.98 Å². The lowest BCUT2D eigenvalue weighted by Crippen LogP contribution is -1.95. The van der Waals surface area contributed by atoms with E-state index in [0.29, 0.717) is 5.56 Å². The molecule has 0 unspecified atom stereocenters. The number of para-hydroxylation sites is 3. The van der Waals surface area contributed by atoms with E-state index in [1.165, 1.54) is 21.8 Å². The third kappa shape index (κ3) is 4.67. The van der Waals surface area contributed by atoms with Crippen LogP contribution >= 0.6 is 33.9 Å². The van der Waals surface area contributed by atoms with Crippen molar-refractivity contribution in [3.8, 4) is 33.1 Å². The highest BCUT2D eigenvalue weighted by Crippen LogP contribution is 2.42. The van der Waals surface area contributed by atoms with Gasteiger partial charge in [-0.3, -0.25) is 4.99 Å². The Morgan fingerprint density at radius 2 is 1.39 bits per heavy atom. The van der Waals surface area contributed by atoms with E-state index in [9.17, 15) is 5.11 Å². The van der Waals surface area contributed by atoms with Crippen LogP contribution in [0.5, 0.6) is 5.75 Å². The number of nitrogens with zero attached hydrogens (tertiary/aromatic N) is 3. The number of rotatable bonds is 5. The predicted octanol–water partition coefficient (Wildman–Crippen LogP) is 10.8. The zero-order valence-electron chi connectivity index (χ0n) is 23.4. The quantitative estimate of drug-likeness (QED) is 0.144. The van der Waals surface area contributed by atoms with Gasteiger partial charge >= 0.3 is 0 Å². The molecular weight excluding hydrogens is 673 g/mol. The van der Waals surface area contributed by atoms with Crippen LogP contribution in [0.15, 0.2) is 138 Å². The van der Waals surface area contributed by atoms with Gasteiger partial charge in [0.25, 0.3) is 0 Å². The molecule has 44 heavy (non-hydrogen) atoms. The minimum absolute atomic E-state index is 0.205. The van der Waals surface area contributed by atoms with E-state index < -0.39 is 0 Å². The Bertz CT molecular complexity index is 2320. The maximum absolute atomic E-state index is 10.4. The molecule has 2 heterocycles. The van der Waals surface area contributed by atoms with Crippen molar-refractivity contribution in [2.45, 2.75) is 0 Å². The van der Waals surface area contributed by atoms with Crippen molar-refractivity contribution in [2.24, 2.45) is 4.99 Å². The molecule has 0 atom stereocenters. The van der Waals surface area contributed by atoms with Crippen LogP contribution in [0.4, 0.5) is 5.69 Å². The molecule has 8 aromatic rings. The van der Waals surface area contributed by atoms with Crippen LogP contribution in [-0.2, 0) is 0 Å². The maximum Gasteiger partial charge on any atom is 0.126 e. The summed E-state index contributed by atoms with van der Waals surface area (Å²) >= 11 is 3.91. The number of phenols is 1. The second kappa shape index (κ2) is 11.0. The molecule has 4 nitrogen and oxygen atoms in total. The molecular formula is C38H24IN3OS. The molecule has 0 saturated heterocycles. The Hall–Kier alpha value is -4.79. The number of hydrogen-bond donors (Lipinski definition) is 1. The van der Waals surface area contributed by atoms with Gasteiger partial charge in [-0.1, -0.05) is 78.9 Å². The van der Waals surface area contributed by atoms with Crippen molar-refractivity contribution in [2.75, 3.05) is 0 Å². The number of benzene rings is 6. The summed E-state index contributed by atoms with van der Waals surface area (Å²) in [7, 11) is 0. The number of aromatic nitrogens is 2. The average molecular weight is 698 g/mol. The van der Waals surface area contributed by atoms with E-state index >= 15 is 0 Å². The van der Waals surface area contributed by atoms with Gasteiger partial charge in [-0.2, -0.15) is 0 Å². The first-order valence-corrected chi connectivity index (χ1v) is 16.1. The van der Waals surface area contributed by atoms with Crippen LogP contribution in [0.1, 0.15) is 5.56 Å². The molecule has 0 aliphatic heterocycles. The number of thiazole rings is 1. The fraction of sp³-hybridized carbons (Fsp3) is 0. The lowest BCUT2D eigenvalue weighted by molar-refractivity contribution is 0.474. The Kier molecular flexibility index (Phi) is 6.73. The van der Waals surface area contributed by atoms with Crippen molar-refractivity contribution in [1.82, 2.24) is 9.55 Å². The molecule has 0 spiro atoms.